The Morgan fingerprint density at radius 1 is 1.30 bits per heavy atom. The van der Waals surface area contributed by atoms with Crippen molar-refractivity contribution in [3.63, 3.8) is 0 Å². The van der Waals surface area contributed by atoms with Crippen molar-refractivity contribution in [3.05, 3.63) is 45.4 Å². The number of rotatable bonds is 5. The number of hydrogen-bond donors (Lipinski definition) is 2. The molecule has 0 unspecified atom stereocenters. The molecule has 2 heterocycles. The minimum Gasteiger partial charge on any atom is -0.326 e. The third-order valence-electron chi connectivity index (χ3n) is 4.18. The molecule has 0 saturated carbocycles. The zero-order valence-electron chi connectivity index (χ0n) is 13.8. The highest BCUT2D eigenvalue weighted by atomic mass is 32.1. The number of aryl methyl sites for hydroxylation is 1. The van der Waals surface area contributed by atoms with Crippen LogP contribution < -0.4 is 10.6 Å². The van der Waals surface area contributed by atoms with Crippen LogP contribution in [0.4, 0.5) is 5.69 Å². The van der Waals surface area contributed by atoms with Crippen LogP contribution in [0.25, 0.3) is 0 Å². The largest absolute Gasteiger partial charge is 0.326 e. The summed E-state index contributed by atoms with van der Waals surface area (Å²) in [6, 6.07) is 6.55. The Morgan fingerprint density at radius 2 is 2.13 bits per heavy atom. The lowest BCUT2D eigenvalue weighted by Crippen LogP contribution is -2.21. The molecule has 23 heavy (non-hydrogen) atoms. The number of fused-ring (bicyclic) bond motifs is 1. The summed E-state index contributed by atoms with van der Waals surface area (Å²) in [6.07, 6.45) is 1.40. The number of carbonyl (C=O) groups is 1. The van der Waals surface area contributed by atoms with Gasteiger partial charge in [-0.05, 0) is 30.5 Å². The second kappa shape index (κ2) is 6.81. The molecule has 5 heteroatoms. The second-order valence-corrected chi connectivity index (χ2v) is 7.29. The first kappa shape index (κ1) is 16.1. The van der Waals surface area contributed by atoms with Gasteiger partial charge in [0.05, 0.1) is 10.7 Å². The topological polar surface area (TPSA) is 54.0 Å². The maximum absolute atomic E-state index is 11.4. The van der Waals surface area contributed by atoms with E-state index >= 15 is 0 Å². The van der Waals surface area contributed by atoms with E-state index in [0.717, 1.165) is 24.3 Å². The van der Waals surface area contributed by atoms with Gasteiger partial charge in [-0.15, -0.1) is 11.3 Å². The zero-order valence-corrected chi connectivity index (χ0v) is 14.7. The molecule has 2 N–H and O–H groups in total. The van der Waals surface area contributed by atoms with E-state index in [-0.39, 0.29) is 11.9 Å². The Kier molecular flexibility index (Phi) is 4.78. The molecule has 1 aromatic carbocycles. The van der Waals surface area contributed by atoms with Crippen LogP contribution in [0.5, 0.6) is 0 Å². The maximum atomic E-state index is 11.4. The molecule has 122 valence electrons. The number of anilines is 1. The average Bonchev–Trinajstić information content (AvgIpc) is 3.01. The summed E-state index contributed by atoms with van der Waals surface area (Å²) in [5.74, 6) is 0.600. The second-order valence-electron chi connectivity index (χ2n) is 6.40. The molecule has 0 radical (unpaired) electrons. The van der Waals surface area contributed by atoms with E-state index in [0.29, 0.717) is 12.3 Å². The van der Waals surface area contributed by atoms with Gasteiger partial charge < -0.3 is 10.6 Å². The molecule has 1 aliphatic rings. The van der Waals surface area contributed by atoms with E-state index in [4.69, 9.17) is 0 Å². The van der Waals surface area contributed by atoms with Gasteiger partial charge in [0.2, 0.25) is 5.91 Å². The lowest BCUT2D eigenvalue weighted by atomic mass is 9.98. The van der Waals surface area contributed by atoms with Crippen molar-refractivity contribution in [2.75, 3.05) is 5.32 Å². The van der Waals surface area contributed by atoms with Crippen LogP contribution in [0.1, 0.15) is 61.0 Å². The molecule has 0 bridgehead atoms. The molecule has 0 spiro atoms. The van der Waals surface area contributed by atoms with Gasteiger partial charge in [0, 0.05) is 36.0 Å². The highest BCUT2D eigenvalue weighted by Crippen LogP contribution is 2.26. The predicted octanol–water partition coefficient (Wildman–Crippen LogP) is 4.00. The lowest BCUT2D eigenvalue weighted by Gasteiger charge is -2.20. The number of hydrogen-bond acceptors (Lipinski definition) is 4. The van der Waals surface area contributed by atoms with Gasteiger partial charge in [-0.3, -0.25) is 4.79 Å². The first-order chi connectivity index (χ1) is 11.0. The number of nitrogens with one attached hydrogen (secondary N) is 2. The Hall–Kier alpha value is -1.72. The smallest absolute Gasteiger partial charge is 0.224 e. The highest BCUT2D eigenvalue weighted by molar-refractivity contribution is 7.09. The Labute approximate surface area is 141 Å². The third kappa shape index (κ3) is 3.79. The van der Waals surface area contributed by atoms with Crippen molar-refractivity contribution in [3.8, 4) is 0 Å². The van der Waals surface area contributed by atoms with Crippen LogP contribution in [0.2, 0.25) is 0 Å². The molecule has 1 amide bonds. The average molecular weight is 329 g/mol. The summed E-state index contributed by atoms with van der Waals surface area (Å²) in [6.45, 7) is 7.28. The molecule has 0 fully saturated rings. The Morgan fingerprint density at radius 3 is 2.87 bits per heavy atom. The summed E-state index contributed by atoms with van der Waals surface area (Å²) in [5, 5.41) is 9.80. The number of amides is 1. The van der Waals surface area contributed by atoms with E-state index in [1.807, 2.05) is 6.07 Å². The third-order valence-corrected chi connectivity index (χ3v) is 5.37. The van der Waals surface area contributed by atoms with Gasteiger partial charge in [0.25, 0.3) is 0 Å². The molecule has 2 aromatic rings. The summed E-state index contributed by atoms with van der Waals surface area (Å²) in [4.78, 5) is 16.1. The maximum Gasteiger partial charge on any atom is 0.224 e. The minimum atomic E-state index is 0.112. The normalized spacial score (nSPS) is 15.4. The Bertz CT molecular complexity index is 708. The molecule has 1 aromatic heterocycles. The van der Waals surface area contributed by atoms with Crippen molar-refractivity contribution in [2.24, 2.45) is 0 Å². The quantitative estimate of drug-likeness (QED) is 0.871. The van der Waals surface area contributed by atoms with E-state index < -0.39 is 0 Å². The van der Waals surface area contributed by atoms with Gasteiger partial charge in [0.1, 0.15) is 0 Å². The van der Waals surface area contributed by atoms with Gasteiger partial charge in [-0.25, -0.2) is 4.98 Å². The minimum absolute atomic E-state index is 0.112. The number of aromatic nitrogens is 1. The van der Waals surface area contributed by atoms with Crippen molar-refractivity contribution in [2.45, 2.75) is 52.1 Å². The number of carbonyl (C=O) groups excluding carboxylic acids is 1. The van der Waals surface area contributed by atoms with Gasteiger partial charge >= 0.3 is 0 Å². The SMILES string of the molecule is CC(C)c1nc(CN[C@@H](C)c2ccc3c(c2)CCC(=O)N3)cs1. The van der Waals surface area contributed by atoms with Crippen molar-refractivity contribution in [1.29, 1.82) is 0 Å². The molecule has 0 saturated heterocycles. The number of benzene rings is 1. The molecular weight excluding hydrogens is 306 g/mol. The van der Waals surface area contributed by atoms with Crippen LogP contribution in [0, 0.1) is 0 Å². The van der Waals surface area contributed by atoms with Gasteiger partial charge in [-0.2, -0.15) is 0 Å². The monoisotopic (exact) mass is 329 g/mol. The van der Waals surface area contributed by atoms with Crippen molar-refractivity contribution < 1.29 is 4.79 Å². The van der Waals surface area contributed by atoms with E-state index in [2.05, 4.69) is 53.9 Å². The first-order valence-electron chi connectivity index (χ1n) is 8.13. The summed E-state index contributed by atoms with van der Waals surface area (Å²) in [5.41, 5.74) is 4.54. The molecule has 3 rings (SSSR count). The zero-order chi connectivity index (χ0) is 16.4. The van der Waals surface area contributed by atoms with Crippen molar-refractivity contribution >= 4 is 22.9 Å². The predicted molar refractivity (Wildman–Crippen MR) is 94.9 cm³/mol. The van der Waals surface area contributed by atoms with Crippen LogP contribution in [0.3, 0.4) is 0 Å². The molecule has 1 aliphatic heterocycles. The van der Waals surface area contributed by atoms with Gasteiger partial charge in [-0.1, -0.05) is 26.0 Å². The molecule has 0 aliphatic carbocycles. The standard InChI is InChI=1S/C18H23N3OS/c1-11(2)18-20-15(10-23-18)9-19-12(3)13-4-6-16-14(8-13)5-7-17(22)21-16/h4,6,8,10-12,19H,5,7,9H2,1-3H3,(H,21,22)/t12-/m0/s1. The fourth-order valence-corrected chi connectivity index (χ4v) is 3.55. The fraction of sp³-hybridized carbons (Fsp3) is 0.444. The molecule has 4 nitrogen and oxygen atoms in total. The van der Waals surface area contributed by atoms with Crippen LogP contribution in [-0.4, -0.2) is 10.9 Å². The molecular formula is C18H23N3OS. The van der Waals surface area contributed by atoms with Crippen LogP contribution >= 0.6 is 11.3 Å². The van der Waals surface area contributed by atoms with Gasteiger partial charge in [0.15, 0.2) is 0 Å². The van der Waals surface area contributed by atoms with E-state index in [1.54, 1.807) is 11.3 Å². The summed E-state index contributed by atoms with van der Waals surface area (Å²) < 4.78 is 0. The molecule has 1 atom stereocenters. The number of nitrogens with zero attached hydrogens (tertiary/aromatic N) is 1. The van der Waals surface area contributed by atoms with E-state index in [1.165, 1.54) is 16.1 Å². The number of thiazole rings is 1. The Balaban J connectivity index is 1.63. The van der Waals surface area contributed by atoms with Crippen LogP contribution in [-0.2, 0) is 17.8 Å². The van der Waals surface area contributed by atoms with Crippen LogP contribution in [0.15, 0.2) is 23.6 Å². The summed E-state index contributed by atoms with van der Waals surface area (Å²) in [7, 11) is 0. The van der Waals surface area contributed by atoms with E-state index in [9.17, 15) is 4.79 Å². The van der Waals surface area contributed by atoms with Crippen molar-refractivity contribution in [1.82, 2.24) is 10.3 Å². The summed E-state index contributed by atoms with van der Waals surface area (Å²) >= 11 is 1.73. The first-order valence-corrected chi connectivity index (χ1v) is 9.01. The highest BCUT2D eigenvalue weighted by Gasteiger charge is 2.16. The lowest BCUT2D eigenvalue weighted by molar-refractivity contribution is -0.116. The fourth-order valence-electron chi connectivity index (χ4n) is 2.72.